The molecule has 1 unspecified atom stereocenters. The van der Waals surface area contributed by atoms with Crippen LogP contribution in [-0.2, 0) is 4.74 Å². The van der Waals surface area contributed by atoms with Gasteiger partial charge in [-0.15, -0.1) is 0 Å². The number of rotatable bonds is 7. The molecule has 37 heavy (non-hydrogen) atoms. The van der Waals surface area contributed by atoms with Crippen LogP contribution in [0, 0.1) is 10.1 Å². The highest BCUT2D eigenvalue weighted by Crippen LogP contribution is 2.27. The molecule has 3 aromatic rings. The quantitative estimate of drug-likeness (QED) is 0.209. The van der Waals surface area contributed by atoms with E-state index in [9.17, 15) is 29.6 Å². The predicted octanol–water partition coefficient (Wildman–Crippen LogP) is 4.54. The van der Waals surface area contributed by atoms with Crippen molar-refractivity contribution >= 4 is 23.8 Å². The number of likely N-dealkylation sites (N-methyl/N-ethyl adjacent to an activating group) is 1. The number of carboxylic acid groups (broad SMARTS) is 1. The molecule has 1 heterocycles. The van der Waals surface area contributed by atoms with Crippen LogP contribution in [0.1, 0.15) is 48.4 Å². The number of amides is 1. The zero-order valence-electron chi connectivity index (χ0n) is 20.7. The summed E-state index contributed by atoms with van der Waals surface area (Å²) in [5.74, 6) is -1.09. The van der Waals surface area contributed by atoms with Crippen LogP contribution in [0.2, 0.25) is 0 Å². The minimum atomic E-state index is -1.24. The minimum Gasteiger partial charge on any atom is -0.464 e. The SMILES string of the molecule is CN(CC(c1ccc(OC(=O)c2cccc([N+](=O)[O-])c2)cc1)c1nccn1C(=O)O)C(=O)OC(C)(C)C. The Morgan fingerprint density at radius 3 is 2.43 bits per heavy atom. The topological polar surface area (TPSA) is 154 Å². The number of benzene rings is 2. The summed E-state index contributed by atoms with van der Waals surface area (Å²) < 4.78 is 11.7. The molecule has 0 bridgehead atoms. The van der Waals surface area contributed by atoms with Crippen LogP contribution < -0.4 is 4.74 Å². The first-order chi connectivity index (χ1) is 17.4. The molecule has 0 saturated heterocycles. The second kappa shape index (κ2) is 10.9. The maximum absolute atomic E-state index is 12.6. The van der Waals surface area contributed by atoms with Crippen LogP contribution in [0.4, 0.5) is 15.3 Å². The Morgan fingerprint density at radius 1 is 1.16 bits per heavy atom. The maximum atomic E-state index is 12.6. The Hall–Kier alpha value is -4.74. The van der Waals surface area contributed by atoms with Crippen LogP contribution in [-0.4, -0.2) is 61.8 Å². The van der Waals surface area contributed by atoms with Gasteiger partial charge in [0.05, 0.1) is 16.4 Å². The van der Waals surface area contributed by atoms with E-state index in [2.05, 4.69) is 4.98 Å². The predicted molar refractivity (Wildman–Crippen MR) is 131 cm³/mol. The van der Waals surface area contributed by atoms with E-state index in [1.165, 1.54) is 54.7 Å². The van der Waals surface area contributed by atoms with Gasteiger partial charge < -0.3 is 19.5 Å². The number of esters is 1. The van der Waals surface area contributed by atoms with Crippen LogP contribution in [0.3, 0.4) is 0 Å². The molecular weight excluding hydrogens is 484 g/mol. The Labute approximate surface area is 212 Å². The number of hydrogen-bond acceptors (Lipinski definition) is 8. The fourth-order valence-corrected chi connectivity index (χ4v) is 3.44. The van der Waals surface area contributed by atoms with E-state index in [4.69, 9.17) is 9.47 Å². The standard InChI is InChI=1S/C25H26N4O8/c1-25(2,3)37-24(33)27(4)15-20(21-26-12-13-28(21)23(31)32)16-8-10-19(11-9-16)36-22(30)17-6-5-7-18(14-17)29(34)35/h5-14,20H,15H2,1-4H3,(H,31,32). The lowest BCUT2D eigenvalue weighted by Crippen LogP contribution is -2.37. The van der Waals surface area contributed by atoms with Crippen molar-refractivity contribution in [3.05, 3.63) is 88.0 Å². The Bertz CT molecular complexity index is 1310. The number of non-ortho nitro benzene ring substituents is 1. The normalized spacial score (nSPS) is 11.9. The number of nitro groups is 1. The van der Waals surface area contributed by atoms with E-state index >= 15 is 0 Å². The number of imidazole rings is 1. The molecule has 0 aliphatic heterocycles. The largest absolute Gasteiger partial charge is 0.464 e. The van der Waals surface area contributed by atoms with Crippen molar-refractivity contribution in [3.63, 3.8) is 0 Å². The van der Waals surface area contributed by atoms with Gasteiger partial charge in [-0.3, -0.25) is 10.1 Å². The first-order valence-electron chi connectivity index (χ1n) is 11.1. The molecule has 3 rings (SSSR count). The van der Waals surface area contributed by atoms with E-state index in [-0.39, 0.29) is 29.4 Å². The van der Waals surface area contributed by atoms with Crippen molar-refractivity contribution < 1.29 is 33.9 Å². The summed E-state index contributed by atoms with van der Waals surface area (Å²) in [6, 6.07) is 11.4. The average molecular weight is 511 g/mol. The molecular formula is C25H26N4O8. The second-order valence-electron chi connectivity index (χ2n) is 9.12. The van der Waals surface area contributed by atoms with E-state index in [1.54, 1.807) is 32.9 Å². The van der Waals surface area contributed by atoms with Crippen LogP contribution >= 0.6 is 0 Å². The third kappa shape index (κ3) is 6.90. The van der Waals surface area contributed by atoms with Gasteiger partial charge in [0.25, 0.3) is 5.69 Å². The zero-order chi connectivity index (χ0) is 27.3. The van der Waals surface area contributed by atoms with Gasteiger partial charge in [0.2, 0.25) is 0 Å². The summed E-state index contributed by atoms with van der Waals surface area (Å²) in [5, 5.41) is 20.5. The highest BCUT2D eigenvalue weighted by molar-refractivity contribution is 5.91. The number of carbonyl (C=O) groups excluding carboxylic acids is 2. The van der Waals surface area contributed by atoms with Gasteiger partial charge in [0.15, 0.2) is 0 Å². The van der Waals surface area contributed by atoms with Gasteiger partial charge in [0, 0.05) is 38.1 Å². The van der Waals surface area contributed by atoms with Gasteiger partial charge in [-0.2, -0.15) is 0 Å². The number of aromatic nitrogens is 2. The fourth-order valence-electron chi connectivity index (χ4n) is 3.44. The van der Waals surface area contributed by atoms with Gasteiger partial charge in [0.1, 0.15) is 17.2 Å². The lowest BCUT2D eigenvalue weighted by Gasteiger charge is -2.27. The lowest BCUT2D eigenvalue weighted by molar-refractivity contribution is -0.384. The van der Waals surface area contributed by atoms with Crippen molar-refractivity contribution in [2.75, 3.05) is 13.6 Å². The number of nitro benzene ring substituents is 1. The molecule has 194 valence electrons. The van der Waals surface area contributed by atoms with Crippen molar-refractivity contribution in [2.24, 2.45) is 0 Å². The highest BCUT2D eigenvalue weighted by Gasteiger charge is 2.27. The molecule has 0 radical (unpaired) electrons. The maximum Gasteiger partial charge on any atom is 0.417 e. The number of nitrogens with zero attached hydrogens (tertiary/aromatic N) is 4. The zero-order valence-corrected chi connectivity index (χ0v) is 20.7. The number of carbonyl (C=O) groups is 3. The van der Waals surface area contributed by atoms with Crippen molar-refractivity contribution in [3.8, 4) is 5.75 Å². The van der Waals surface area contributed by atoms with E-state index in [0.29, 0.717) is 5.56 Å². The minimum absolute atomic E-state index is 0.0126. The third-order valence-corrected chi connectivity index (χ3v) is 5.13. The van der Waals surface area contributed by atoms with Crippen LogP contribution in [0.5, 0.6) is 5.75 Å². The van der Waals surface area contributed by atoms with Crippen LogP contribution in [0.25, 0.3) is 0 Å². The van der Waals surface area contributed by atoms with Gasteiger partial charge >= 0.3 is 18.2 Å². The summed E-state index contributed by atoms with van der Waals surface area (Å²) in [5.41, 5.74) is -0.348. The lowest BCUT2D eigenvalue weighted by atomic mass is 9.97. The molecule has 2 aromatic carbocycles. The van der Waals surface area contributed by atoms with E-state index in [0.717, 1.165) is 10.6 Å². The summed E-state index contributed by atoms with van der Waals surface area (Å²) >= 11 is 0. The summed E-state index contributed by atoms with van der Waals surface area (Å²) in [4.78, 5) is 52.6. The van der Waals surface area contributed by atoms with E-state index < -0.39 is 34.6 Å². The first kappa shape index (κ1) is 26.9. The molecule has 12 heteroatoms. The Kier molecular flexibility index (Phi) is 7.91. The Balaban J connectivity index is 1.85. The summed E-state index contributed by atoms with van der Waals surface area (Å²) in [6.45, 7) is 5.26. The van der Waals surface area contributed by atoms with Crippen molar-refractivity contribution in [1.82, 2.24) is 14.5 Å². The molecule has 0 saturated carbocycles. The van der Waals surface area contributed by atoms with Gasteiger partial charge in [-0.1, -0.05) is 18.2 Å². The monoisotopic (exact) mass is 510 g/mol. The number of ether oxygens (including phenoxy) is 2. The summed E-state index contributed by atoms with van der Waals surface area (Å²) in [6.07, 6.45) is 0.820. The molecule has 0 fully saturated rings. The summed E-state index contributed by atoms with van der Waals surface area (Å²) in [7, 11) is 1.53. The third-order valence-electron chi connectivity index (χ3n) is 5.13. The molecule has 1 amide bonds. The molecule has 12 nitrogen and oxygen atoms in total. The van der Waals surface area contributed by atoms with Gasteiger partial charge in [-0.05, 0) is 44.5 Å². The molecule has 0 aliphatic carbocycles. The van der Waals surface area contributed by atoms with Gasteiger partial charge in [-0.25, -0.2) is 23.9 Å². The molecule has 0 aliphatic rings. The van der Waals surface area contributed by atoms with Crippen LogP contribution in [0.15, 0.2) is 60.9 Å². The van der Waals surface area contributed by atoms with E-state index in [1.807, 2.05) is 0 Å². The number of hydrogen-bond donors (Lipinski definition) is 1. The van der Waals surface area contributed by atoms with Crippen molar-refractivity contribution in [1.29, 1.82) is 0 Å². The fraction of sp³-hybridized carbons (Fsp3) is 0.280. The Morgan fingerprint density at radius 2 is 1.84 bits per heavy atom. The highest BCUT2D eigenvalue weighted by atomic mass is 16.6. The first-order valence-corrected chi connectivity index (χ1v) is 11.1. The average Bonchev–Trinajstić information content (AvgIpc) is 3.32. The molecule has 0 spiro atoms. The van der Waals surface area contributed by atoms with Crippen molar-refractivity contribution in [2.45, 2.75) is 32.3 Å². The molecule has 1 N–H and O–H groups in total. The smallest absolute Gasteiger partial charge is 0.417 e. The molecule has 1 aromatic heterocycles. The second-order valence-corrected chi connectivity index (χ2v) is 9.12. The molecule has 1 atom stereocenters.